The Morgan fingerprint density at radius 3 is 2.79 bits per heavy atom. The molecule has 4 nitrogen and oxygen atoms in total. The quantitative estimate of drug-likeness (QED) is 0.864. The van der Waals surface area contributed by atoms with Gasteiger partial charge in [0.2, 0.25) is 0 Å². The summed E-state index contributed by atoms with van der Waals surface area (Å²) < 4.78 is 6.45. The smallest absolute Gasteiger partial charge is 0.157 e. The van der Waals surface area contributed by atoms with Gasteiger partial charge in [0.05, 0.1) is 5.69 Å². The van der Waals surface area contributed by atoms with Crippen molar-refractivity contribution in [2.45, 2.75) is 20.5 Å². The molecule has 2 aromatic heterocycles. The van der Waals surface area contributed by atoms with Crippen LogP contribution in [0.5, 0.6) is 0 Å². The van der Waals surface area contributed by atoms with Crippen molar-refractivity contribution in [3.63, 3.8) is 0 Å². The first-order valence-corrected chi connectivity index (χ1v) is 7.89. The van der Waals surface area contributed by atoms with Gasteiger partial charge in [0.1, 0.15) is 12.4 Å². The predicted octanol–water partition coefficient (Wildman–Crippen LogP) is 3.94. The van der Waals surface area contributed by atoms with E-state index in [2.05, 4.69) is 36.6 Å². The first-order valence-electron chi connectivity index (χ1n) is 6.16. The molecule has 0 radical (unpaired) electrons. The molecule has 0 amide bonds. The molecule has 0 fully saturated rings. The lowest BCUT2D eigenvalue weighted by Crippen LogP contribution is -2.06. The average Bonchev–Trinajstić information content (AvgIpc) is 2.83. The van der Waals surface area contributed by atoms with E-state index in [4.69, 9.17) is 4.74 Å². The fraction of sp³-hybridized carbons (Fsp3) is 0.385. The zero-order valence-corrected chi connectivity index (χ0v) is 13.3. The van der Waals surface area contributed by atoms with Crippen LogP contribution in [0.3, 0.4) is 0 Å². The van der Waals surface area contributed by atoms with Crippen LogP contribution >= 0.6 is 27.3 Å². The van der Waals surface area contributed by atoms with E-state index in [0.717, 1.165) is 28.1 Å². The molecule has 0 aromatic carbocycles. The fourth-order valence-corrected chi connectivity index (χ4v) is 3.12. The van der Waals surface area contributed by atoms with Crippen molar-refractivity contribution in [3.8, 4) is 11.3 Å². The number of anilines is 1. The number of rotatable bonds is 6. The molecular formula is C13H16BrN3OS. The minimum atomic E-state index is 0.435. The summed E-state index contributed by atoms with van der Waals surface area (Å²) in [5.74, 6) is 1.54. The number of hydrogen-bond acceptors (Lipinski definition) is 5. The van der Waals surface area contributed by atoms with Crippen LogP contribution in [-0.4, -0.2) is 23.1 Å². The van der Waals surface area contributed by atoms with Crippen molar-refractivity contribution in [1.82, 2.24) is 9.97 Å². The Morgan fingerprint density at radius 1 is 1.32 bits per heavy atom. The largest absolute Gasteiger partial charge is 0.374 e. The second-order valence-electron chi connectivity index (χ2n) is 3.86. The number of nitrogens with one attached hydrogen (secondary N) is 1. The van der Waals surface area contributed by atoms with Gasteiger partial charge in [-0.05, 0) is 29.8 Å². The van der Waals surface area contributed by atoms with Crippen molar-refractivity contribution in [2.24, 2.45) is 0 Å². The Labute approximate surface area is 125 Å². The summed E-state index contributed by atoms with van der Waals surface area (Å²) >= 11 is 5.19. The van der Waals surface area contributed by atoms with E-state index in [9.17, 15) is 0 Å². The van der Waals surface area contributed by atoms with Crippen LogP contribution in [0.25, 0.3) is 11.3 Å². The first kappa shape index (κ1) is 14.4. The van der Waals surface area contributed by atoms with Gasteiger partial charge in [0, 0.05) is 40.0 Å². The predicted molar refractivity (Wildman–Crippen MR) is 82.5 cm³/mol. The topological polar surface area (TPSA) is 47.0 Å². The van der Waals surface area contributed by atoms with E-state index in [0.29, 0.717) is 19.0 Å². The van der Waals surface area contributed by atoms with E-state index in [-0.39, 0.29) is 0 Å². The Bertz CT molecular complexity index is 544. The molecule has 2 heterocycles. The van der Waals surface area contributed by atoms with Gasteiger partial charge in [-0.1, -0.05) is 0 Å². The molecule has 0 spiro atoms. The Balaban J connectivity index is 2.36. The highest BCUT2D eigenvalue weighted by molar-refractivity contribution is 9.10. The lowest BCUT2D eigenvalue weighted by Gasteiger charge is -2.08. The molecule has 0 saturated heterocycles. The third-order valence-corrected chi connectivity index (χ3v) is 4.16. The molecule has 0 aliphatic rings. The first-order chi connectivity index (χ1) is 9.24. The monoisotopic (exact) mass is 341 g/mol. The number of nitrogens with zero attached hydrogens (tertiary/aromatic N) is 2. The van der Waals surface area contributed by atoms with Crippen molar-refractivity contribution in [1.29, 1.82) is 0 Å². The molecule has 0 bridgehead atoms. The van der Waals surface area contributed by atoms with Gasteiger partial charge in [-0.25, -0.2) is 9.97 Å². The Kier molecular flexibility index (Phi) is 5.30. The lowest BCUT2D eigenvalue weighted by atomic mass is 10.2. The molecule has 1 N–H and O–H groups in total. The zero-order chi connectivity index (χ0) is 13.7. The van der Waals surface area contributed by atoms with Crippen molar-refractivity contribution >= 4 is 33.1 Å². The number of hydrogen-bond donors (Lipinski definition) is 1. The summed E-state index contributed by atoms with van der Waals surface area (Å²) in [5, 5.41) is 7.35. The maximum atomic E-state index is 5.39. The summed E-state index contributed by atoms with van der Waals surface area (Å²) in [6, 6.07) is 1.96. The lowest BCUT2D eigenvalue weighted by molar-refractivity contribution is 0.128. The van der Waals surface area contributed by atoms with Crippen molar-refractivity contribution < 1.29 is 4.74 Å². The molecule has 0 atom stereocenters. The van der Waals surface area contributed by atoms with Gasteiger partial charge in [0.15, 0.2) is 5.82 Å². The minimum absolute atomic E-state index is 0.435. The molecule has 6 heteroatoms. The van der Waals surface area contributed by atoms with Crippen LogP contribution in [0.1, 0.15) is 19.7 Å². The van der Waals surface area contributed by atoms with Crippen LogP contribution in [-0.2, 0) is 11.3 Å². The number of thiophene rings is 1. The zero-order valence-electron chi connectivity index (χ0n) is 10.9. The third kappa shape index (κ3) is 3.75. The molecule has 2 aromatic rings. The molecule has 102 valence electrons. The van der Waals surface area contributed by atoms with E-state index in [1.54, 1.807) is 11.3 Å². The normalized spacial score (nSPS) is 10.7. The Hall–Kier alpha value is -0.980. The summed E-state index contributed by atoms with van der Waals surface area (Å²) in [7, 11) is 0. The van der Waals surface area contributed by atoms with Crippen LogP contribution in [0.4, 0.5) is 5.82 Å². The van der Waals surface area contributed by atoms with E-state index < -0.39 is 0 Å². The fourth-order valence-electron chi connectivity index (χ4n) is 1.63. The summed E-state index contributed by atoms with van der Waals surface area (Å²) in [5.41, 5.74) is 2.00. The molecule has 19 heavy (non-hydrogen) atoms. The second-order valence-corrected chi connectivity index (χ2v) is 5.45. The molecule has 0 aliphatic heterocycles. The van der Waals surface area contributed by atoms with E-state index in [1.165, 1.54) is 0 Å². The molecule has 0 unspecified atom stereocenters. The maximum Gasteiger partial charge on any atom is 0.157 e. The van der Waals surface area contributed by atoms with Crippen molar-refractivity contribution in [3.05, 3.63) is 27.1 Å². The highest BCUT2D eigenvalue weighted by atomic mass is 79.9. The average molecular weight is 342 g/mol. The molecule has 0 aliphatic carbocycles. The van der Waals surface area contributed by atoms with Crippen LogP contribution in [0, 0.1) is 0 Å². The summed E-state index contributed by atoms with van der Waals surface area (Å²) in [4.78, 5) is 9.00. The van der Waals surface area contributed by atoms with Gasteiger partial charge in [-0.15, -0.1) is 0 Å². The second kappa shape index (κ2) is 6.98. The van der Waals surface area contributed by atoms with Gasteiger partial charge < -0.3 is 10.1 Å². The highest BCUT2D eigenvalue weighted by Gasteiger charge is 2.10. The number of aromatic nitrogens is 2. The highest BCUT2D eigenvalue weighted by Crippen LogP contribution is 2.31. The van der Waals surface area contributed by atoms with Crippen molar-refractivity contribution in [2.75, 3.05) is 18.5 Å². The van der Waals surface area contributed by atoms with Crippen LogP contribution in [0.15, 0.2) is 21.3 Å². The van der Waals surface area contributed by atoms with Gasteiger partial charge in [-0.3, -0.25) is 0 Å². The molecular weight excluding hydrogens is 326 g/mol. The maximum absolute atomic E-state index is 5.39. The van der Waals surface area contributed by atoms with E-state index in [1.807, 2.05) is 25.3 Å². The van der Waals surface area contributed by atoms with E-state index >= 15 is 0 Å². The van der Waals surface area contributed by atoms with Crippen LogP contribution in [0.2, 0.25) is 0 Å². The molecule has 0 saturated carbocycles. The third-order valence-electron chi connectivity index (χ3n) is 2.46. The Morgan fingerprint density at radius 2 is 2.16 bits per heavy atom. The molecule has 2 rings (SSSR count). The summed E-state index contributed by atoms with van der Waals surface area (Å²) in [6.07, 6.45) is 0. The van der Waals surface area contributed by atoms with Gasteiger partial charge in [0.25, 0.3) is 0 Å². The standard InChI is InChI=1S/C13H16BrN3OS/c1-3-15-12-5-11(9-7-19-8-10(9)14)16-13(17-12)6-18-4-2/h5,7-8H,3-4,6H2,1-2H3,(H,15,16,17). The number of ether oxygens (including phenoxy) is 1. The summed E-state index contributed by atoms with van der Waals surface area (Å²) in [6.45, 7) is 5.93. The van der Waals surface area contributed by atoms with Crippen LogP contribution < -0.4 is 5.32 Å². The number of halogens is 1. The SMILES string of the molecule is CCNc1cc(-c2cscc2Br)nc(COCC)n1. The van der Waals surface area contributed by atoms with Gasteiger partial charge >= 0.3 is 0 Å². The van der Waals surface area contributed by atoms with Gasteiger partial charge in [-0.2, -0.15) is 11.3 Å². The minimum Gasteiger partial charge on any atom is -0.374 e.